The Balaban J connectivity index is 1.39. The minimum absolute atomic E-state index is 0.156. The predicted octanol–water partition coefficient (Wildman–Crippen LogP) is 5.33. The molecule has 1 aliphatic carbocycles. The van der Waals surface area contributed by atoms with Gasteiger partial charge in [-0.15, -0.1) is 11.3 Å². The summed E-state index contributed by atoms with van der Waals surface area (Å²) in [6.07, 6.45) is 5.39. The molecule has 0 radical (unpaired) electrons. The van der Waals surface area contributed by atoms with Crippen LogP contribution in [0, 0.1) is 13.8 Å². The predicted molar refractivity (Wildman–Crippen MR) is 120 cm³/mol. The van der Waals surface area contributed by atoms with E-state index in [0.717, 1.165) is 43.6 Å². The Hall–Kier alpha value is -2.66. The summed E-state index contributed by atoms with van der Waals surface area (Å²) in [5.41, 5.74) is 5.70. The van der Waals surface area contributed by atoms with Gasteiger partial charge in [-0.3, -0.25) is 4.79 Å². The topological polar surface area (TPSA) is 48.3 Å². The lowest BCUT2D eigenvalue weighted by atomic mass is 9.90. The van der Waals surface area contributed by atoms with Crippen molar-refractivity contribution in [2.24, 2.45) is 0 Å². The van der Waals surface area contributed by atoms with Crippen LogP contribution in [0.15, 0.2) is 41.8 Å². The summed E-state index contributed by atoms with van der Waals surface area (Å²) in [5.74, 6) is -0.583. The van der Waals surface area contributed by atoms with E-state index >= 15 is 0 Å². The molecule has 1 aliphatic rings. The molecule has 0 saturated heterocycles. The number of carbonyl (C=O) groups is 2. The van der Waals surface area contributed by atoms with Gasteiger partial charge in [0.05, 0.1) is 5.56 Å². The van der Waals surface area contributed by atoms with Crippen LogP contribution in [0.1, 0.15) is 60.9 Å². The average molecular weight is 422 g/mol. The monoisotopic (exact) mass is 421 g/mol. The van der Waals surface area contributed by atoms with Gasteiger partial charge in [-0.2, -0.15) is 0 Å². The van der Waals surface area contributed by atoms with Gasteiger partial charge in [-0.25, -0.2) is 4.79 Å². The number of thiophene rings is 1. The minimum Gasteiger partial charge on any atom is -0.454 e. The van der Waals surface area contributed by atoms with Gasteiger partial charge in [0.25, 0.3) is 0 Å². The van der Waals surface area contributed by atoms with Crippen molar-refractivity contribution >= 4 is 23.1 Å². The van der Waals surface area contributed by atoms with Crippen molar-refractivity contribution in [2.75, 3.05) is 6.61 Å². The van der Waals surface area contributed by atoms with Gasteiger partial charge in [0.2, 0.25) is 5.78 Å². The molecule has 3 aromatic rings. The second-order valence-electron chi connectivity index (χ2n) is 7.96. The van der Waals surface area contributed by atoms with E-state index < -0.39 is 5.97 Å². The van der Waals surface area contributed by atoms with Crippen molar-refractivity contribution in [3.05, 3.63) is 80.3 Å². The van der Waals surface area contributed by atoms with Crippen molar-refractivity contribution in [1.82, 2.24) is 4.57 Å². The van der Waals surface area contributed by atoms with Crippen molar-refractivity contribution in [3.8, 4) is 0 Å². The fourth-order valence-corrected chi connectivity index (χ4v) is 4.96. The number of ketones is 1. The van der Waals surface area contributed by atoms with Crippen molar-refractivity contribution < 1.29 is 14.3 Å². The first-order valence-electron chi connectivity index (χ1n) is 10.5. The molecule has 0 N–H and O–H groups in total. The smallest absolute Gasteiger partial charge is 0.338 e. The molecule has 0 spiro atoms. The van der Waals surface area contributed by atoms with E-state index in [1.54, 1.807) is 11.3 Å². The van der Waals surface area contributed by atoms with E-state index in [0.29, 0.717) is 11.1 Å². The standard InChI is InChI=1S/C25H27NO3S/c1-17-14-23(18(2)26(17)12-11-22-8-5-13-30-22)24(27)16-29-25(28)21-10-9-19-6-3-4-7-20(19)15-21/h5,8-10,13-15H,3-4,6-7,11-12,16H2,1-2H3. The molecule has 1 aromatic carbocycles. The van der Waals surface area contributed by atoms with E-state index in [-0.39, 0.29) is 12.4 Å². The molecule has 2 heterocycles. The Morgan fingerprint density at radius 1 is 1.07 bits per heavy atom. The lowest BCUT2D eigenvalue weighted by Gasteiger charge is -2.16. The van der Waals surface area contributed by atoms with Crippen LogP contribution in [0.3, 0.4) is 0 Å². The van der Waals surface area contributed by atoms with Gasteiger partial charge >= 0.3 is 5.97 Å². The number of rotatable bonds is 7. The van der Waals surface area contributed by atoms with Gasteiger partial charge in [0, 0.05) is 28.4 Å². The maximum Gasteiger partial charge on any atom is 0.338 e. The van der Waals surface area contributed by atoms with E-state index in [2.05, 4.69) is 22.1 Å². The lowest BCUT2D eigenvalue weighted by molar-refractivity contribution is 0.0474. The number of hydrogen-bond acceptors (Lipinski definition) is 4. The lowest BCUT2D eigenvalue weighted by Crippen LogP contribution is -2.16. The Morgan fingerprint density at radius 3 is 2.63 bits per heavy atom. The van der Waals surface area contributed by atoms with Crippen LogP contribution >= 0.6 is 11.3 Å². The van der Waals surface area contributed by atoms with Crippen molar-refractivity contribution in [3.63, 3.8) is 0 Å². The SMILES string of the molecule is Cc1cc(C(=O)COC(=O)c2ccc3c(c2)CCCC3)c(C)n1CCc1cccs1. The highest BCUT2D eigenvalue weighted by Crippen LogP contribution is 2.23. The maximum absolute atomic E-state index is 12.7. The summed E-state index contributed by atoms with van der Waals surface area (Å²) in [4.78, 5) is 26.6. The Morgan fingerprint density at radius 2 is 1.87 bits per heavy atom. The third kappa shape index (κ3) is 4.41. The van der Waals surface area contributed by atoms with E-state index in [1.165, 1.54) is 22.4 Å². The van der Waals surface area contributed by atoms with Gasteiger partial charge in [-0.05, 0) is 86.7 Å². The summed E-state index contributed by atoms with van der Waals surface area (Å²) in [6, 6.07) is 11.9. The van der Waals surface area contributed by atoms with Crippen molar-refractivity contribution in [1.29, 1.82) is 0 Å². The van der Waals surface area contributed by atoms with Gasteiger partial charge in [-0.1, -0.05) is 12.1 Å². The Kier molecular flexibility index (Phi) is 6.18. The summed E-state index contributed by atoms with van der Waals surface area (Å²) in [5, 5.41) is 2.08. The largest absolute Gasteiger partial charge is 0.454 e. The molecule has 0 saturated carbocycles. The zero-order valence-corrected chi connectivity index (χ0v) is 18.4. The fraction of sp³-hybridized carbons (Fsp3) is 0.360. The highest BCUT2D eigenvalue weighted by Gasteiger charge is 2.19. The molecule has 2 aromatic heterocycles. The van der Waals surface area contributed by atoms with Crippen LogP contribution in [-0.2, 0) is 30.5 Å². The molecule has 0 unspecified atom stereocenters. The van der Waals surface area contributed by atoms with Gasteiger partial charge in [0.15, 0.2) is 6.61 Å². The van der Waals surface area contributed by atoms with Gasteiger partial charge < -0.3 is 9.30 Å². The normalized spacial score (nSPS) is 13.1. The summed E-state index contributed by atoms with van der Waals surface area (Å²) in [7, 11) is 0. The molecular formula is C25H27NO3S. The van der Waals surface area contributed by atoms with Crippen LogP contribution in [0.4, 0.5) is 0 Å². The third-order valence-corrected chi connectivity index (χ3v) is 6.89. The summed E-state index contributed by atoms with van der Waals surface area (Å²) in [6.45, 7) is 4.57. The zero-order chi connectivity index (χ0) is 21.1. The number of esters is 1. The van der Waals surface area contributed by atoms with Crippen LogP contribution in [0.2, 0.25) is 0 Å². The molecule has 0 bridgehead atoms. The molecule has 4 rings (SSSR count). The maximum atomic E-state index is 12.7. The van der Waals surface area contributed by atoms with E-state index in [4.69, 9.17) is 4.74 Å². The molecule has 30 heavy (non-hydrogen) atoms. The van der Waals surface area contributed by atoms with Crippen molar-refractivity contribution in [2.45, 2.75) is 52.5 Å². The number of nitrogens with zero attached hydrogens (tertiary/aromatic N) is 1. The summed E-state index contributed by atoms with van der Waals surface area (Å²) < 4.78 is 7.53. The van der Waals surface area contributed by atoms with E-state index in [1.807, 2.05) is 38.1 Å². The van der Waals surface area contributed by atoms with Gasteiger partial charge in [0.1, 0.15) is 0 Å². The molecular weight excluding hydrogens is 394 g/mol. The molecule has 156 valence electrons. The number of aromatic nitrogens is 1. The molecule has 0 fully saturated rings. The molecule has 0 aliphatic heterocycles. The summed E-state index contributed by atoms with van der Waals surface area (Å²) >= 11 is 1.75. The number of aryl methyl sites for hydroxylation is 4. The first-order valence-corrected chi connectivity index (χ1v) is 11.4. The number of benzene rings is 1. The van der Waals surface area contributed by atoms with Crippen LogP contribution in [0.25, 0.3) is 0 Å². The number of Topliss-reactive ketones (excluding diaryl/α,β-unsaturated/α-hetero) is 1. The highest BCUT2D eigenvalue weighted by atomic mass is 32.1. The second kappa shape index (κ2) is 9.00. The highest BCUT2D eigenvalue weighted by molar-refractivity contribution is 7.09. The van der Waals surface area contributed by atoms with Crippen LogP contribution in [0.5, 0.6) is 0 Å². The quantitative estimate of drug-likeness (QED) is 0.383. The molecule has 5 heteroatoms. The number of ether oxygens (including phenoxy) is 1. The van der Waals surface area contributed by atoms with Crippen LogP contribution in [-0.4, -0.2) is 22.9 Å². The molecule has 0 atom stereocenters. The van der Waals surface area contributed by atoms with E-state index in [9.17, 15) is 9.59 Å². The molecule has 0 amide bonds. The third-order valence-electron chi connectivity index (χ3n) is 5.95. The number of carbonyl (C=O) groups excluding carboxylic acids is 2. The zero-order valence-electron chi connectivity index (χ0n) is 17.6. The first-order chi connectivity index (χ1) is 14.5. The molecule has 4 nitrogen and oxygen atoms in total. The minimum atomic E-state index is -0.428. The van der Waals surface area contributed by atoms with Crippen LogP contribution < -0.4 is 0 Å². The first kappa shape index (κ1) is 20.6. The number of fused-ring (bicyclic) bond motifs is 1. The Labute approximate surface area is 181 Å². The second-order valence-corrected chi connectivity index (χ2v) is 8.99. The fourth-order valence-electron chi connectivity index (χ4n) is 4.26. The number of hydrogen-bond donors (Lipinski definition) is 0. The Bertz CT molecular complexity index is 1060. The average Bonchev–Trinajstić information content (AvgIpc) is 3.38.